The van der Waals surface area contributed by atoms with Crippen LogP contribution in [-0.4, -0.2) is 37.2 Å². The minimum Gasteiger partial charge on any atom is -0.462 e. The second-order valence-corrected chi connectivity index (χ2v) is 15.6. The number of rotatable bonds is 42. The standard InChI is InChI=1S/C56H88O6/c1-4-7-10-13-16-19-22-25-27-28-30-31-34-37-40-43-46-49-55(58)61-52-53(51-60-54(57)48-45-42-39-36-33-24-21-18-15-12-9-6-3)62-56(59)50-47-44-41-38-35-32-29-26-23-20-17-14-11-8-5-2/h7-8,10-11,16-17,19-20,25-27,29-31,35,37-38,40,44,47,53H,4-6,9,12-15,18,21-24,28,32-34,36,39,41-43,45-46,48-52H2,1-3H3/b10-7-,11-8-,19-16-,20-17-,27-25-,29-26-,31-30-,38-35-,40-37-,47-44-. The Morgan fingerprint density at radius 2 is 0.677 bits per heavy atom. The summed E-state index contributed by atoms with van der Waals surface area (Å²) in [7, 11) is 0. The molecule has 0 aromatic carbocycles. The van der Waals surface area contributed by atoms with Crippen molar-refractivity contribution in [2.24, 2.45) is 0 Å². The molecule has 0 aromatic heterocycles. The van der Waals surface area contributed by atoms with E-state index >= 15 is 0 Å². The van der Waals surface area contributed by atoms with Crippen LogP contribution in [0, 0.1) is 0 Å². The number of hydrogen-bond donors (Lipinski definition) is 0. The molecule has 0 aliphatic carbocycles. The summed E-state index contributed by atoms with van der Waals surface area (Å²) in [6.07, 6.45) is 67.8. The molecule has 0 heterocycles. The van der Waals surface area contributed by atoms with E-state index in [1.165, 1.54) is 57.8 Å². The van der Waals surface area contributed by atoms with E-state index in [2.05, 4.69) is 130 Å². The SMILES string of the molecule is CC/C=C\C/C=C\C/C=C\C/C=C\C/C=C\CCCC(=O)OCC(COC(=O)CCCCCCCCCCCCCC)OC(=O)C/C=C\C/C=C\C/C=C\C/C=C\C/C=C\CC. The molecule has 1 unspecified atom stereocenters. The van der Waals surface area contributed by atoms with Crippen molar-refractivity contribution in [2.75, 3.05) is 13.2 Å². The Bertz CT molecular complexity index is 1350. The van der Waals surface area contributed by atoms with Crippen molar-refractivity contribution < 1.29 is 28.6 Å². The zero-order valence-electron chi connectivity index (χ0n) is 39.6. The Morgan fingerprint density at radius 3 is 1.06 bits per heavy atom. The van der Waals surface area contributed by atoms with E-state index in [1.54, 1.807) is 6.08 Å². The van der Waals surface area contributed by atoms with Gasteiger partial charge in [-0.15, -0.1) is 0 Å². The summed E-state index contributed by atoms with van der Waals surface area (Å²) in [4.78, 5) is 37.8. The van der Waals surface area contributed by atoms with E-state index in [-0.39, 0.29) is 38.0 Å². The molecule has 62 heavy (non-hydrogen) atoms. The summed E-state index contributed by atoms with van der Waals surface area (Å²) in [5.41, 5.74) is 0. The molecule has 348 valence electrons. The Balaban J connectivity index is 4.62. The molecule has 0 radical (unpaired) electrons. The van der Waals surface area contributed by atoms with Gasteiger partial charge in [-0.1, -0.05) is 213 Å². The fourth-order valence-electron chi connectivity index (χ4n) is 6.14. The molecule has 0 spiro atoms. The van der Waals surface area contributed by atoms with Crippen molar-refractivity contribution in [3.05, 3.63) is 122 Å². The molecule has 0 aliphatic heterocycles. The first kappa shape index (κ1) is 57.8. The van der Waals surface area contributed by atoms with Crippen molar-refractivity contribution in [1.82, 2.24) is 0 Å². The van der Waals surface area contributed by atoms with Gasteiger partial charge in [0.1, 0.15) is 13.2 Å². The van der Waals surface area contributed by atoms with Gasteiger partial charge >= 0.3 is 17.9 Å². The van der Waals surface area contributed by atoms with Gasteiger partial charge in [-0.2, -0.15) is 0 Å². The molecule has 6 nitrogen and oxygen atoms in total. The summed E-state index contributed by atoms with van der Waals surface area (Å²) in [5, 5.41) is 0. The van der Waals surface area contributed by atoms with Crippen LogP contribution >= 0.6 is 0 Å². The van der Waals surface area contributed by atoms with Gasteiger partial charge in [-0.25, -0.2) is 0 Å². The lowest BCUT2D eigenvalue weighted by Crippen LogP contribution is -2.30. The summed E-state index contributed by atoms with van der Waals surface area (Å²) < 4.78 is 16.6. The summed E-state index contributed by atoms with van der Waals surface area (Å²) in [5.74, 6) is -1.14. The van der Waals surface area contributed by atoms with E-state index in [4.69, 9.17) is 14.2 Å². The molecule has 0 rings (SSSR count). The van der Waals surface area contributed by atoms with Gasteiger partial charge in [-0.3, -0.25) is 14.4 Å². The maximum Gasteiger partial charge on any atom is 0.310 e. The lowest BCUT2D eigenvalue weighted by Gasteiger charge is -2.18. The first-order valence-corrected chi connectivity index (χ1v) is 24.5. The zero-order valence-corrected chi connectivity index (χ0v) is 39.6. The Hall–Kier alpha value is -4.19. The molecule has 6 heteroatoms. The predicted molar refractivity (Wildman–Crippen MR) is 265 cm³/mol. The topological polar surface area (TPSA) is 78.9 Å². The summed E-state index contributed by atoms with van der Waals surface area (Å²) >= 11 is 0. The molecule has 1 atom stereocenters. The third-order valence-electron chi connectivity index (χ3n) is 9.74. The highest BCUT2D eigenvalue weighted by Gasteiger charge is 2.19. The van der Waals surface area contributed by atoms with Gasteiger partial charge in [0.2, 0.25) is 0 Å². The van der Waals surface area contributed by atoms with Crippen LogP contribution in [0.25, 0.3) is 0 Å². The van der Waals surface area contributed by atoms with Gasteiger partial charge in [-0.05, 0) is 83.5 Å². The quantitative estimate of drug-likeness (QED) is 0.0263. The van der Waals surface area contributed by atoms with Crippen LogP contribution in [0.2, 0.25) is 0 Å². The normalized spacial score (nSPS) is 13.1. The van der Waals surface area contributed by atoms with E-state index < -0.39 is 12.1 Å². The van der Waals surface area contributed by atoms with E-state index in [0.717, 1.165) is 83.5 Å². The first-order chi connectivity index (χ1) is 30.5. The van der Waals surface area contributed by atoms with Crippen LogP contribution in [0.4, 0.5) is 0 Å². The highest BCUT2D eigenvalue weighted by atomic mass is 16.6. The molecule has 0 aliphatic rings. The molecule has 0 bridgehead atoms. The molecular formula is C56H88O6. The lowest BCUT2D eigenvalue weighted by molar-refractivity contribution is -0.166. The third-order valence-corrected chi connectivity index (χ3v) is 9.74. The number of hydrogen-bond acceptors (Lipinski definition) is 6. The van der Waals surface area contributed by atoms with Gasteiger partial charge in [0.15, 0.2) is 6.10 Å². The van der Waals surface area contributed by atoms with Gasteiger partial charge in [0.25, 0.3) is 0 Å². The fourth-order valence-corrected chi connectivity index (χ4v) is 6.14. The number of ether oxygens (including phenoxy) is 3. The average molecular weight is 857 g/mol. The average Bonchev–Trinajstić information content (AvgIpc) is 3.27. The monoisotopic (exact) mass is 857 g/mol. The highest BCUT2D eigenvalue weighted by molar-refractivity contribution is 5.72. The third kappa shape index (κ3) is 46.9. The second kappa shape index (κ2) is 49.5. The molecule has 0 saturated carbocycles. The largest absolute Gasteiger partial charge is 0.462 e. The molecule has 0 saturated heterocycles. The number of carbonyl (C=O) groups excluding carboxylic acids is 3. The van der Waals surface area contributed by atoms with E-state index in [1.807, 2.05) is 6.08 Å². The predicted octanol–water partition coefficient (Wildman–Crippen LogP) is 16.1. The van der Waals surface area contributed by atoms with Gasteiger partial charge in [0.05, 0.1) is 6.42 Å². The minimum absolute atomic E-state index is 0.0814. The van der Waals surface area contributed by atoms with Crippen molar-refractivity contribution in [1.29, 1.82) is 0 Å². The van der Waals surface area contributed by atoms with E-state index in [0.29, 0.717) is 19.3 Å². The van der Waals surface area contributed by atoms with Crippen LogP contribution in [0.3, 0.4) is 0 Å². The molecule has 0 fully saturated rings. The summed E-state index contributed by atoms with van der Waals surface area (Å²) in [6, 6.07) is 0. The Labute approximate surface area is 380 Å². The number of esters is 3. The smallest absolute Gasteiger partial charge is 0.310 e. The van der Waals surface area contributed by atoms with Crippen LogP contribution in [-0.2, 0) is 28.6 Å². The van der Waals surface area contributed by atoms with Crippen molar-refractivity contribution in [3.8, 4) is 0 Å². The number of allylic oxidation sites excluding steroid dienone is 19. The second-order valence-electron chi connectivity index (χ2n) is 15.6. The highest BCUT2D eigenvalue weighted by Crippen LogP contribution is 2.13. The fraction of sp³-hybridized carbons (Fsp3) is 0.589. The lowest BCUT2D eigenvalue weighted by atomic mass is 10.0. The van der Waals surface area contributed by atoms with E-state index in [9.17, 15) is 14.4 Å². The molecule has 0 aromatic rings. The van der Waals surface area contributed by atoms with Gasteiger partial charge < -0.3 is 14.2 Å². The van der Waals surface area contributed by atoms with Crippen LogP contribution in [0.15, 0.2) is 122 Å². The molecule has 0 N–H and O–H groups in total. The van der Waals surface area contributed by atoms with Gasteiger partial charge in [0, 0.05) is 12.8 Å². The summed E-state index contributed by atoms with van der Waals surface area (Å²) in [6.45, 7) is 6.25. The van der Waals surface area contributed by atoms with Crippen LogP contribution in [0.1, 0.15) is 194 Å². The molecule has 0 amide bonds. The van der Waals surface area contributed by atoms with Crippen molar-refractivity contribution in [2.45, 2.75) is 200 Å². The zero-order chi connectivity index (χ0) is 45.1. The van der Waals surface area contributed by atoms with Crippen LogP contribution in [0.5, 0.6) is 0 Å². The minimum atomic E-state index is -0.855. The Morgan fingerprint density at radius 1 is 0.355 bits per heavy atom. The molecular weight excluding hydrogens is 769 g/mol. The maximum absolute atomic E-state index is 12.7. The van der Waals surface area contributed by atoms with Crippen molar-refractivity contribution in [3.63, 3.8) is 0 Å². The first-order valence-electron chi connectivity index (χ1n) is 24.5. The maximum atomic E-state index is 12.7. The van der Waals surface area contributed by atoms with Crippen LogP contribution < -0.4 is 0 Å². The number of unbranched alkanes of at least 4 members (excludes halogenated alkanes) is 12. The van der Waals surface area contributed by atoms with Crippen molar-refractivity contribution >= 4 is 17.9 Å². The number of carbonyl (C=O) groups is 3. The Kier molecular flexibility index (Phi) is 46.1.